The first-order valence-electron chi connectivity index (χ1n) is 6.59. The van der Waals surface area contributed by atoms with Gasteiger partial charge in [0.15, 0.2) is 0 Å². The van der Waals surface area contributed by atoms with E-state index in [-0.39, 0.29) is 23.8 Å². The molecular weight excluding hydrogens is 287 g/mol. The molecule has 1 aromatic rings. The van der Waals surface area contributed by atoms with Gasteiger partial charge >= 0.3 is 12.1 Å². The number of hydrogen-bond donors (Lipinski definition) is 1. The van der Waals surface area contributed by atoms with Gasteiger partial charge in [-0.25, -0.2) is 4.79 Å². The lowest BCUT2D eigenvalue weighted by molar-refractivity contribution is -0.137. The third-order valence-electron chi connectivity index (χ3n) is 3.39. The Morgan fingerprint density at radius 2 is 2.00 bits per heavy atom. The van der Waals surface area contributed by atoms with Crippen molar-refractivity contribution in [1.29, 1.82) is 0 Å². The SMILES string of the molecule is Nc1ccc(C(F)(F)F)cc1C(=O)OCC1CCOCC1. The maximum absolute atomic E-state index is 12.6. The van der Waals surface area contributed by atoms with Crippen LogP contribution in [-0.4, -0.2) is 25.8 Å². The molecule has 0 bridgehead atoms. The molecule has 2 rings (SSSR count). The smallest absolute Gasteiger partial charge is 0.416 e. The molecule has 1 fully saturated rings. The molecule has 0 aromatic heterocycles. The van der Waals surface area contributed by atoms with E-state index in [0.29, 0.717) is 13.2 Å². The summed E-state index contributed by atoms with van der Waals surface area (Å²) in [6, 6.07) is 2.63. The molecule has 21 heavy (non-hydrogen) atoms. The zero-order chi connectivity index (χ0) is 15.5. The summed E-state index contributed by atoms with van der Waals surface area (Å²) in [6.45, 7) is 1.37. The first kappa shape index (κ1) is 15.6. The Morgan fingerprint density at radius 3 is 2.62 bits per heavy atom. The molecule has 1 heterocycles. The number of benzene rings is 1. The van der Waals surface area contributed by atoms with E-state index >= 15 is 0 Å². The maximum atomic E-state index is 12.6. The molecule has 0 atom stereocenters. The van der Waals surface area contributed by atoms with Gasteiger partial charge in [-0.05, 0) is 37.0 Å². The number of alkyl halides is 3. The summed E-state index contributed by atoms with van der Waals surface area (Å²) in [4.78, 5) is 11.9. The number of carbonyl (C=O) groups is 1. The van der Waals surface area contributed by atoms with Crippen LogP contribution in [0.4, 0.5) is 18.9 Å². The predicted molar refractivity (Wildman–Crippen MR) is 69.7 cm³/mol. The van der Waals surface area contributed by atoms with Gasteiger partial charge in [0.2, 0.25) is 0 Å². The standard InChI is InChI=1S/C14H16F3NO3/c15-14(16,17)10-1-2-12(18)11(7-10)13(19)21-8-9-3-5-20-6-4-9/h1-2,7,9H,3-6,8,18H2. The molecule has 0 aliphatic carbocycles. The fourth-order valence-electron chi connectivity index (χ4n) is 2.09. The summed E-state index contributed by atoms with van der Waals surface area (Å²) < 4.78 is 48.2. The van der Waals surface area contributed by atoms with Crippen LogP contribution in [-0.2, 0) is 15.7 Å². The zero-order valence-electron chi connectivity index (χ0n) is 11.3. The van der Waals surface area contributed by atoms with Gasteiger partial charge in [0, 0.05) is 18.9 Å². The number of nitrogen functional groups attached to an aromatic ring is 1. The van der Waals surface area contributed by atoms with Crippen LogP contribution in [0.25, 0.3) is 0 Å². The molecular formula is C14H16F3NO3. The Bertz CT molecular complexity index is 511. The molecule has 0 saturated carbocycles. The molecule has 0 unspecified atom stereocenters. The Morgan fingerprint density at radius 1 is 1.33 bits per heavy atom. The third-order valence-corrected chi connectivity index (χ3v) is 3.39. The van der Waals surface area contributed by atoms with Crippen molar-refractivity contribution in [2.45, 2.75) is 19.0 Å². The molecule has 1 saturated heterocycles. The van der Waals surface area contributed by atoms with Gasteiger partial charge in [-0.3, -0.25) is 0 Å². The average Bonchev–Trinajstić information content (AvgIpc) is 2.45. The topological polar surface area (TPSA) is 61.6 Å². The van der Waals surface area contributed by atoms with Crippen LogP contribution in [0.3, 0.4) is 0 Å². The monoisotopic (exact) mass is 303 g/mol. The Balaban J connectivity index is 2.04. The third kappa shape index (κ3) is 4.10. The van der Waals surface area contributed by atoms with Crippen molar-refractivity contribution in [1.82, 2.24) is 0 Å². The maximum Gasteiger partial charge on any atom is 0.416 e. The number of anilines is 1. The molecule has 7 heteroatoms. The summed E-state index contributed by atoms with van der Waals surface area (Å²) in [5, 5.41) is 0. The average molecular weight is 303 g/mol. The summed E-state index contributed by atoms with van der Waals surface area (Å²) in [7, 11) is 0. The van der Waals surface area contributed by atoms with Crippen LogP contribution >= 0.6 is 0 Å². The van der Waals surface area contributed by atoms with E-state index in [2.05, 4.69) is 0 Å². The number of esters is 1. The first-order valence-corrected chi connectivity index (χ1v) is 6.59. The number of ether oxygens (including phenoxy) is 2. The van der Waals surface area contributed by atoms with Crippen molar-refractivity contribution in [3.05, 3.63) is 29.3 Å². The fraction of sp³-hybridized carbons (Fsp3) is 0.500. The summed E-state index contributed by atoms with van der Waals surface area (Å²) in [5.41, 5.74) is 4.35. The van der Waals surface area contributed by atoms with Crippen LogP contribution in [0.2, 0.25) is 0 Å². The van der Waals surface area contributed by atoms with Crippen molar-refractivity contribution in [2.24, 2.45) is 5.92 Å². The second-order valence-electron chi connectivity index (χ2n) is 4.95. The highest BCUT2D eigenvalue weighted by Crippen LogP contribution is 2.31. The molecule has 1 aromatic carbocycles. The van der Waals surface area contributed by atoms with Crippen LogP contribution in [0.5, 0.6) is 0 Å². The number of hydrogen-bond acceptors (Lipinski definition) is 4. The quantitative estimate of drug-likeness (QED) is 0.689. The number of halogens is 3. The minimum atomic E-state index is -4.52. The normalized spacial score (nSPS) is 16.7. The van der Waals surface area contributed by atoms with E-state index in [9.17, 15) is 18.0 Å². The Labute approximate surface area is 120 Å². The zero-order valence-corrected chi connectivity index (χ0v) is 11.3. The number of rotatable bonds is 3. The van der Waals surface area contributed by atoms with Crippen LogP contribution in [0, 0.1) is 5.92 Å². The van der Waals surface area contributed by atoms with Crippen LogP contribution < -0.4 is 5.73 Å². The van der Waals surface area contributed by atoms with E-state index in [4.69, 9.17) is 15.2 Å². The highest BCUT2D eigenvalue weighted by atomic mass is 19.4. The minimum absolute atomic E-state index is 0.0278. The highest BCUT2D eigenvalue weighted by Gasteiger charge is 2.32. The molecule has 0 amide bonds. The van der Waals surface area contributed by atoms with Crippen molar-refractivity contribution in [3.8, 4) is 0 Å². The van der Waals surface area contributed by atoms with E-state index in [1.54, 1.807) is 0 Å². The van der Waals surface area contributed by atoms with Gasteiger partial charge in [-0.15, -0.1) is 0 Å². The fourth-order valence-corrected chi connectivity index (χ4v) is 2.09. The second-order valence-corrected chi connectivity index (χ2v) is 4.95. The first-order chi connectivity index (χ1) is 9.88. The van der Waals surface area contributed by atoms with Crippen molar-refractivity contribution in [2.75, 3.05) is 25.6 Å². The molecule has 116 valence electrons. The largest absolute Gasteiger partial charge is 0.462 e. The van der Waals surface area contributed by atoms with Gasteiger partial charge < -0.3 is 15.2 Å². The predicted octanol–water partition coefficient (Wildman–Crippen LogP) is 2.87. The van der Waals surface area contributed by atoms with Gasteiger partial charge in [0.1, 0.15) is 0 Å². The lowest BCUT2D eigenvalue weighted by Crippen LogP contribution is -2.22. The van der Waals surface area contributed by atoms with E-state index in [0.717, 1.165) is 31.0 Å². The number of carbonyl (C=O) groups excluding carboxylic acids is 1. The molecule has 2 N–H and O–H groups in total. The van der Waals surface area contributed by atoms with E-state index in [1.807, 2.05) is 0 Å². The van der Waals surface area contributed by atoms with Crippen molar-refractivity contribution < 1.29 is 27.4 Å². The second kappa shape index (κ2) is 6.34. The Hall–Kier alpha value is -1.76. The molecule has 4 nitrogen and oxygen atoms in total. The Kier molecular flexibility index (Phi) is 4.72. The lowest BCUT2D eigenvalue weighted by atomic mass is 10.0. The van der Waals surface area contributed by atoms with Crippen LogP contribution in [0.15, 0.2) is 18.2 Å². The van der Waals surface area contributed by atoms with Crippen molar-refractivity contribution in [3.63, 3.8) is 0 Å². The van der Waals surface area contributed by atoms with Gasteiger partial charge in [-0.1, -0.05) is 0 Å². The molecule has 1 aliphatic heterocycles. The number of nitrogens with two attached hydrogens (primary N) is 1. The lowest BCUT2D eigenvalue weighted by Gasteiger charge is -2.21. The van der Waals surface area contributed by atoms with Gasteiger partial charge in [0.05, 0.1) is 17.7 Å². The molecule has 0 radical (unpaired) electrons. The molecule has 1 aliphatic rings. The summed E-state index contributed by atoms with van der Waals surface area (Å²) in [5.74, 6) is -0.653. The van der Waals surface area contributed by atoms with Gasteiger partial charge in [-0.2, -0.15) is 13.2 Å². The molecule has 0 spiro atoms. The van der Waals surface area contributed by atoms with E-state index < -0.39 is 17.7 Å². The minimum Gasteiger partial charge on any atom is -0.462 e. The van der Waals surface area contributed by atoms with Crippen LogP contribution in [0.1, 0.15) is 28.8 Å². The summed E-state index contributed by atoms with van der Waals surface area (Å²) >= 11 is 0. The van der Waals surface area contributed by atoms with Gasteiger partial charge in [0.25, 0.3) is 0 Å². The summed E-state index contributed by atoms with van der Waals surface area (Å²) in [6.07, 6.45) is -2.99. The van der Waals surface area contributed by atoms with Crippen molar-refractivity contribution >= 4 is 11.7 Å². The van der Waals surface area contributed by atoms with E-state index in [1.165, 1.54) is 0 Å². The highest BCUT2D eigenvalue weighted by molar-refractivity contribution is 5.95.